The average molecular weight is 429 g/mol. The van der Waals surface area contributed by atoms with Crippen LogP contribution in [0.4, 0.5) is 0 Å². The monoisotopic (exact) mass is 428 g/mol. The predicted molar refractivity (Wildman–Crippen MR) is 116 cm³/mol. The number of amides is 3. The fraction of sp³-hybridized carbons (Fsp3) is 0.200. The minimum Gasteiger partial charge on any atom is -0.368 e. The van der Waals surface area contributed by atoms with Gasteiger partial charge in [0.1, 0.15) is 5.01 Å². The van der Waals surface area contributed by atoms with Crippen molar-refractivity contribution < 1.29 is 14.4 Å². The van der Waals surface area contributed by atoms with Gasteiger partial charge in [-0.05, 0) is 29.8 Å². The molecule has 3 aromatic rings. The molecule has 0 spiro atoms. The lowest BCUT2D eigenvalue weighted by Crippen LogP contribution is -2.33. The Hall–Kier alpha value is -2.91. The fourth-order valence-corrected chi connectivity index (χ4v) is 4.38. The minimum atomic E-state index is -0.598. The van der Waals surface area contributed by atoms with Crippen LogP contribution in [-0.2, 0) is 21.9 Å². The maximum atomic E-state index is 12.0. The maximum absolute atomic E-state index is 12.0. The van der Waals surface area contributed by atoms with Gasteiger partial charge in [-0.2, -0.15) is 0 Å². The van der Waals surface area contributed by atoms with Gasteiger partial charge in [0.25, 0.3) is 5.91 Å². The van der Waals surface area contributed by atoms with E-state index < -0.39 is 5.91 Å². The highest BCUT2D eigenvalue weighted by atomic mass is 32.2. The molecule has 0 aliphatic carbocycles. The summed E-state index contributed by atoms with van der Waals surface area (Å²) in [4.78, 5) is 39.1. The van der Waals surface area contributed by atoms with Crippen molar-refractivity contribution in [2.45, 2.75) is 12.3 Å². The van der Waals surface area contributed by atoms with E-state index in [2.05, 4.69) is 15.6 Å². The van der Waals surface area contributed by atoms with E-state index in [-0.39, 0.29) is 18.4 Å². The summed E-state index contributed by atoms with van der Waals surface area (Å²) >= 11 is 3.17. The van der Waals surface area contributed by atoms with E-state index in [1.54, 1.807) is 35.6 Å². The molecule has 0 aliphatic rings. The van der Waals surface area contributed by atoms with Crippen LogP contribution in [-0.4, -0.2) is 35.0 Å². The van der Waals surface area contributed by atoms with Crippen molar-refractivity contribution in [2.24, 2.45) is 5.73 Å². The van der Waals surface area contributed by atoms with Crippen LogP contribution < -0.4 is 16.4 Å². The maximum Gasteiger partial charge on any atom is 0.251 e. The Bertz CT molecular complexity index is 985. The third-order valence-corrected chi connectivity index (χ3v) is 6.09. The first-order valence-corrected chi connectivity index (χ1v) is 10.8. The van der Waals surface area contributed by atoms with E-state index in [0.717, 1.165) is 20.8 Å². The number of carbonyl (C=O) groups is 3. The number of thiazole rings is 1. The van der Waals surface area contributed by atoms with Crippen molar-refractivity contribution in [2.75, 3.05) is 12.3 Å². The first-order chi connectivity index (χ1) is 14.0. The Labute approximate surface area is 176 Å². The quantitative estimate of drug-likeness (QED) is 0.483. The number of nitrogens with one attached hydrogen (secondary N) is 2. The molecular formula is C20H20N4O3S2. The van der Waals surface area contributed by atoms with Crippen LogP contribution in [0.2, 0.25) is 0 Å². The highest BCUT2D eigenvalue weighted by molar-refractivity contribution is 7.99. The normalized spacial score (nSPS) is 10.6. The van der Waals surface area contributed by atoms with Crippen molar-refractivity contribution in [3.05, 3.63) is 64.7 Å². The van der Waals surface area contributed by atoms with Gasteiger partial charge in [-0.25, -0.2) is 4.98 Å². The van der Waals surface area contributed by atoms with Crippen LogP contribution >= 0.6 is 23.1 Å². The lowest BCUT2D eigenvalue weighted by molar-refractivity contribution is -0.119. The number of carbonyl (C=O) groups excluding carboxylic acids is 3. The smallest absolute Gasteiger partial charge is 0.251 e. The summed E-state index contributed by atoms with van der Waals surface area (Å²) in [6.45, 7) is 0.176. The topological polar surface area (TPSA) is 114 Å². The van der Waals surface area contributed by atoms with Crippen LogP contribution in [0.15, 0.2) is 48.5 Å². The molecule has 0 saturated carbocycles. The van der Waals surface area contributed by atoms with Crippen LogP contribution in [0.25, 0.3) is 10.2 Å². The minimum absolute atomic E-state index is 0.0561. The van der Waals surface area contributed by atoms with Crippen LogP contribution in [0.5, 0.6) is 0 Å². The summed E-state index contributed by atoms with van der Waals surface area (Å²) in [6, 6.07) is 14.8. The summed E-state index contributed by atoms with van der Waals surface area (Å²) in [7, 11) is 0. The van der Waals surface area contributed by atoms with Crippen molar-refractivity contribution in [3.8, 4) is 0 Å². The van der Waals surface area contributed by atoms with Gasteiger partial charge in [0.15, 0.2) is 0 Å². The molecule has 0 atom stereocenters. The van der Waals surface area contributed by atoms with Gasteiger partial charge in [0, 0.05) is 17.9 Å². The molecule has 1 aromatic heterocycles. The van der Waals surface area contributed by atoms with E-state index in [9.17, 15) is 14.4 Å². The molecule has 2 aromatic carbocycles. The molecule has 1 heterocycles. The fourth-order valence-electron chi connectivity index (χ4n) is 2.51. The third kappa shape index (κ3) is 6.30. The number of fused-ring (bicyclic) bond motifs is 1. The number of rotatable bonds is 9. The molecular weight excluding hydrogens is 408 g/mol. The van der Waals surface area contributed by atoms with Gasteiger partial charge in [0.05, 0.1) is 22.5 Å². The van der Waals surface area contributed by atoms with Crippen molar-refractivity contribution in [1.82, 2.24) is 15.6 Å². The molecule has 0 bridgehead atoms. The number of thioether (sulfide) groups is 1. The highest BCUT2D eigenvalue weighted by Gasteiger charge is 2.08. The highest BCUT2D eigenvalue weighted by Crippen LogP contribution is 2.24. The van der Waals surface area contributed by atoms with Gasteiger partial charge >= 0.3 is 0 Å². The van der Waals surface area contributed by atoms with E-state index in [4.69, 9.17) is 5.73 Å². The summed E-state index contributed by atoms with van der Waals surface area (Å²) in [5, 5.41) is 6.29. The number of nitrogens with two attached hydrogens (primary N) is 1. The number of aromatic nitrogens is 1. The molecule has 4 N–H and O–H groups in total. The van der Waals surface area contributed by atoms with Crippen molar-refractivity contribution >= 4 is 51.0 Å². The van der Waals surface area contributed by atoms with Gasteiger partial charge in [-0.15, -0.1) is 23.1 Å². The molecule has 3 rings (SSSR count). The van der Waals surface area contributed by atoms with Crippen LogP contribution in [0.1, 0.15) is 20.9 Å². The first-order valence-electron chi connectivity index (χ1n) is 8.85. The number of benzene rings is 2. The second kappa shape index (κ2) is 10.0. The van der Waals surface area contributed by atoms with Gasteiger partial charge < -0.3 is 16.4 Å². The number of nitrogens with zero attached hydrogens (tertiary/aromatic N) is 1. The molecule has 0 saturated heterocycles. The van der Waals surface area contributed by atoms with Gasteiger partial charge in [-0.1, -0.05) is 24.3 Å². The van der Waals surface area contributed by atoms with E-state index >= 15 is 0 Å². The first kappa shape index (κ1) is 20.8. The average Bonchev–Trinajstić information content (AvgIpc) is 3.13. The van der Waals surface area contributed by atoms with Crippen LogP contribution in [0.3, 0.4) is 0 Å². The SMILES string of the molecule is NC(=O)CNC(=O)c1ccc(CNC(=O)CSCc2nc3ccccc3s2)cc1. The zero-order valence-electron chi connectivity index (χ0n) is 15.5. The molecule has 29 heavy (non-hydrogen) atoms. The number of para-hydroxylation sites is 1. The summed E-state index contributed by atoms with van der Waals surface area (Å²) in [6.07, 6.45) is 0. The molecule has 0 fully saturated rings. The van der Waals surface area contributed by atoms with Crippen molar-refractivity contribution in [3.63, 3.8) is 0 Å². The molecule has 7 nitrogen and oxygen atoms in total. The second-order valence-corrected chi connectivity index (χ2v) is 8.29. The number of hydrogen-bond donors (Lipinski definition) is 3. The van der Waals surface area contributed by atoms with Gasteiger partial charge in [0.2, 0.25) is 11.8 Å². The number of primary amides is 1. The Morgan fingerprint density at radius 2 is 1.79 bits per heavy atom. The van der Waals surface area contributed by atoms with Gasteiger partial charge in [-0.3, -0.25) is 14.4 Å². The molecule has 150 valence electrons. The Morgan fingerprint density at radius 3 is 2.52 bits per heavy atom. The lowest BCUT2D eigenvalue weighted by atomic mass is 10.1. The molecule has 9 heteroatoms. The van der Waals surface area contributed by atoms with E-state index in [0.29, 0.717) is 23.6 Å². The Balaban J connectivity index is 1.39. The Kier molecular flexibility index (Phi) is 7.20. The molecule has 0 unspecified atom stereocenters. The van der Waals surface area contributed by atoms with E-state index in [1.165, 1.54) is 11.8 Å². The molecule has 0 aliphatic heterocycles. The number of hydrogen-bond acceptors (Lipinski definition) is 6. The third-order valence-electron chi connectivity index (χ3n) is 3.93. The lowest BCUT2D eigenvalue weighted by Gasteiger charge is -2.07. The molecule has 3 amide bonds. The predicted octanol–water partition coefficient (Wildman–Crippen LogP) is 2.06. The van der Waals surface area contributed by atoms with E-state index in [1.807, 2.05) is 24.3 Å². The van der Waals surface area contributed by atoms with Crippen LogP contribution in [0, 0.1) is 0 Å². The Morgan fingerprint density at radius 1 is 1.03 bits per heavy atom. The largest absolute Gasteiger partial charge is 0.368 e. The summed E-state index contributed by atoms with van der Waals surface area (Å²) in [5.41, 5.74) is 7.29. The molecule has 0 radical (unpaired) electrons. The standard InChI is InChI=1S/C20H20N4O3S2/c21-17(25)10-23-20(27)14-7-5-13(6-8-14)9-22-18(26)11-28-12-19-24-15-3-1-2-4-16(15)29-19/h1-8H,9-12H2,(H2,21,25)(H,22,26)(H,23,27). The zero-order chi connectivity index (χ0) is 20.6. The second-order valence-electron chi connectivity index (χ2n) is 6.19. The summed E-state index contributed by atoms with van der Waals surface area (Å²) < 4.78 is 1.15. The van der Waals surface area contributed by atoms with Crippen molar-refractivity contribution in [1.29, 1.82) is 0 Å². The zero-order valence-corrected chi connectivity index (χ0v) is 17.1. The summed E-state index contributed by atoms with van der Waals surface area (Å²) in [5.74, 6) is 0.0227.